The molecule has 31 heavy (non-hydrogen) atoms. The lowest BCUT2D eigenvalue weighted by Gasteiger charge is -2.18. The highest BCUT2D eigenvalue weighted by Crippen LogP contribution is 2.51. The summed E-state index contributed by atoms with van der Waals surface area (Å²) in [4.78, 5) is 17.4. The zero-order valence-corrected chi connectivity index (χ0v) is 21.4. The highest BCUT2D eigenvalue weighted by molar-refractivity contribution is 14.0. The minimum absolute atomic E-state index is 0. The molecule has 1 aliphatic rings. The molecular formula is C23H32IN5OS. The number of nitrogens with one attached hydrogen (secondary N) is 4. The molecule has 1 saturated carbocycles. The van der Waals surface area contributed by atoms with Crippen LogP contribution in [0.2, 0.25) is 0 Å². The molecule has 0 radical (unpaired) electrons. The van der Waals surface area contributed by atoms with Crippen LogP contribution < -0.4 is 21.3 Å². The Bertz CT molecular complexity index is 854. The maximum Gasteiger partial charge on any atom is 0.319 e. The Hall–Kier alpha value is -1.94. The normalized spacial score (nSPS) is 14.4. The number of rotatable bonds is 8. The van der Waals surface area contributed by atoms with Gasteiger partial charge in [0.15, 0.2) is 5.96 Å². The second-order valence-electron chi connectivity index (χ2n) is 7.83. The molecule has 1 aliphatic carbocycles. The molecule has 0 heterocycles. The fourth-order valence-corrected chi connectivity index (χ4v) is 4.22. The Kier molecular flexibility index (Phi) is 9.95. The molecule has 0 spiro atoms. The van der Waals surface area contributed by atoms with Gasteiger partial charge in [-0.2, -0.15) is 0 Å². The molecule has 8 heteroatoms. The van der Waals surface area contributed by atoms with E-state index in [2.05, 4.69) is 56.6 Å². The monoisotopic (exact) mass is 553 g/mol. The number of thioether (sulfide) groups is 1. The molecule has 2 aromatic rings. The van der Waals surface area contributed by atoms with Crippen molar-refractivity contribution in [3.63, 3.8) is 0 Å². The van der Waals surface area contributed by atoms with Gasteiger partial charge in [-0.1, -0.05) is 30.3 Å². The predicted molar refractivity (Wildman–Crippen MR) is 142 cm³/mol. The fraction of sp³-hybridized carbons (Fsp3) is 0.391. The molecule has 0 aromatic heterocycles. The van der Waals surface area contributed by atoms with E-state index in [1.165, 1.54) is 17.7 Å². The van der Waals surface area contributed by atoms with Crippen molar-refractivity contribution in [2.45, 2.75) is 48.9 Å². The van der Waals surface area contributed by atoms with Crippen molar-refractivity contribution in [3.8, 4) is 0 Å². The lowest BCUT2D eigenvalue weighted by Crippen LogP contribution is -2.40. The largest absolute Gasteiger partial charge is 0.355 e. The molecule has 0 saturated heterocycles. The zero-order valence-electron chi connectivity index (χ0n) is 18.3. The van der Waals surface area contributed by atoms with Crippen LogP contribution in [0.3, 0.4) is 0 Å². The molecule has 1 fully saturated rings. The lowest BCUT2D eigenvalue weighted by atomic mass is 10.2. The molecule has 3 rings (SSSR count). The fourth-order valence-electron chi connectivity index (χ4n) is 2.98. The number of benzene rings is 2. The number of hydrogen-bond acceptors (Lipinski definition) is 3. The zero-order chi connectivity index (χ0) is 21.4. The van der Waals surface area contributed by atoms with E-state index in [1.807, 2.05) is 49.9 Å². The van der Waals surface area contributed by atoms with E-state index in [-0.39, 0.29) is 40.8 Å². The van der Waals surface area contributed by atoms with Crippen molar-refractivity contribution in [1.29, 1.82) is 0 Å². The summed E-state index contributed by atoms with van der Waals surface area (Å²) in [5.41, 5.74) is 1.89. The third-order valence-electron chi connectivity index (χ3n) is 4.78. The number of hydrogen-bond donors (Lipinski definition) is 4. The summed E-state index contributed by atoms with van der Waals surface area (Å²) < 4.78 is 0.267. The molecular weight excluding hydrogens is 521 g/mol. The quantitative estimate of drug-likeness (QED) is 0.215. The van der Waals surface area contributed by atoms with Gasteiger partial charge in [-0.25, -0.2) is 4.79 Å². The van der Waals surface area contributed by atoms with Gasteiger partial charge in [0.25, 0.3) is 0 Å². The topological polar surface area (TPSA) is 77.5 Å². The Morgan fingerprint density at radius 2 is 1.74 bits per heavy atom. The first-order valence-corrected chi connectivity index (χ1v) is 11.1. The second-order valence-corrected chi connectivity index (χ2v) is 9.37. The predicted octanol–water partition coefficient (Wildman–Crippen LogP) is 4.82. The average Bonchev–Trinajstić information content (AvgIpc) is 3.49. The number of aliphatic imine (C=N–C) groups is 1. The molecule has 4 N–H and O–H groups in total. The Balaban J connectivity index is 0.00000341. The Labute approximate surface area is 206 Å². The lowest BCUT2D eigenvalue weighted by molar-refractivity contribution is 0.250. The third-order valence-corrected chi connectivity index (χ3v) is 6.27. The molecule has 168 valence electrons. The van der Waals surface area contributed by atoms with Gasteiger partial charge < -0.3 is 21.3 Å². The number of amides is 2. The van der Waals surface area contributed by atoms with Crippen molar-refractivity contribution in [1.82, 2.24) is 16.0 Å². The first-order chi connectivity index (χ1) is 14.5. The van der Waals surface area contributed by atoms with Gasteiger partial charge in [0.2, 0.25) is 0 Å². The minimum Gasteiger partial charge on any atom is -0.355 e. The van der Waals surface area contributed by atoms with Crippen LogP contribution in [0.5, 0.6) is 0 Å². The van der Waals surface area contributed by atoms with E-state index in [1.54, 1.807) is 7.05 Å². The molecule has 2 amide bonds. The van der Waals surface area contributed by atoms with Crippen LogP contribution in [-0.4, -0.2) is 36.4 Å². The maximum absolute atomic E-state index is 11.8. The first kappa shape index (κ1) is 25.3. The summed E-state index contributed by atoms with van der Waals surface area (Å²) in [5.74, 6) is 0.799. The molecule has 0 bridgehead atoms. The summed E-state index contributed by atoms with van der Waals surface area (Å²) >= 11 is 1.95. The van der Waals surface area contributed by atoms with E-state index in [0.29, 0.717) is 6.54 Å². The van der Waals surface area contributed by atoms with Crippen molar-refractivity contribution in [3.05, 3.63) is 60.2 Å². The van der Waals surface area contributed by atoms with Gasteiger partial charge in [-0.15, -0.1) is 35.7 Å². The Morgan fingerprint density at radius 3 is 2.32 bits per heavy atom. The number of carbonyl (C=O) groups is 1. The highest BCUT2D eigenvalue weighted by atomic mass is 127. The number of urea groups is 1. The van der Waals surface area contributed by atoms with Crippen LogP contribution in [0, 0.1) is 0 Å². The van der Waals surface area contributed by atoms with Gasteiger partial charge >= 0.3 is 6.03 Å². The van der Waals surface area contributed by atoms with Gasteiger partial charge in [0, 0.05) is 41.5 Å². The highest BCUT2D eigenvalue weighted by Gasteiger charge is 2.43. The van der Waals surface area contributed by atoms with Gasteiger partial charge in [-0.3, -0.25) is 4.99 Å². The van der Waals surface area contributed by atoms with Crippen molar-refractivity contribution in [2.75, 3.05) is 18.9 Å². The van der Waals surface area contributed by atoms with Crippen LogP contribution in [-0.2, 0) is 6.54 Å². The van der Waals surface area contributed by atoms with Crippen LogP contribution >= 0.6 is 35.7 Å². The van der Waals surface area contributed by atoms with Gasteiger partial charge in [0.05, 0.1) is 0 Å². The molecule has 0 aliphatic heterocycles. The number of anilines is 1. The first-order valence-electron chi connectivity index (χ1n) is 10.3. The van der Waals surface area contributed by atoms with Crippen molar-refractivity contribution < 1.29 is 4.79 Å². The summed E-state index contributed by atoms with van der Waals surface area (Å²) in [6, 6.07) is 18.3. The number of guanidine groups is 1. The van der Waals surface area contributed by atoms with Crippen LogP contribution in [0.1, 0.15) is 32.3 Å². The van der Waals surface area contributed by atoms with E-state index in [0.717, 1.165) is 23.8 Å². The standard InChI is InChI=1S/C23H31N5OS.HI/c1-17(2)27-22(29)28-19-11-9-18(10-12-19)15-25-21(24-3)26-16-23(13-14-23)30-20-7-5-4-6-8-20;/h4-12,17H,13-16H2,1-3H3,(H2,24,25,26)(H2,27,28,29);1H. The molecule has 0 unspecified atom stereocenters. The molecule has 2 aromatic carbocycles. The van der Waals surface area contributed by atoms with Crippen LogP contribution in [0.25, 0.3) is 0 Å². The van der Waals surface area contributed by atoms with Crippen LogP contribution in [0.4, 0.5) is 10.5 Å². The van der Waals surface area contributed by atoms with E-state index in [9.17, 15) is 4.79 Å². The number of carbonyl (C=O) groups excluding carboxylic acids is 1. The van der Waals surface area contributed by atoms with Gasteiger partial charge in [-0.05, 0) is 56.5 Å². The summed E-state index contributed by atoms with van der Waals surface area (Å²) in [6.07, 6.45) is 2.44. The average molecular weight is 554 g/mol. The maximum atomic E-state index is 11.8. The number of nitrogens with zero attached hydrogens (tertiary/aromatic N) is 1. The van der Waals surface area contributed by atoms with Gasteiger partial charge in [0.1, 0.15) is 0 Å². The minimum atomic E-state index is -0.192. The third kappa shape index (κ3) is 8.60. The van der Waals surface area contributed by atoms with E-state index >= 15 is 0 Å². The SMILES string of the molecule is CN=C(NCc1ccc(NC(=O)NC(C)C)cc1)NCC1(Sc2ccccc2)CC1.I. The second kappa shape index (κ2) is 12.2. The van der Waals surface area contributed by atoms with Crippen LogP contribution in [0.15, 0.2) is 64.5 Å². The smallest absolute Gasteiger partial charge is 0.319 e. The number of halogens is 1. The van der Waals surface area contributed by atoms with Crippen molar-refractivity contribution >= 4 is 53.4 Å². The van der Waals surface area contributed by atoms with E-state index < -0.39 is 0 Å². The summed E-state index contributed by atoms with van der Waals surface area (Å²) in [6.45, 7) is 5.42. The van der Waals surface area contributed by atoms with E-state index in [4.69, 9.17) is 0 Å². The molecule has 0 atom stereocenters. The molecule has 6 nitrogen and oxygen atoms in total. The Morgan fingerprint density at radius 1 is 1.06 bits per heavy atom. The summed E-state index contributed by atoms with van der Waals surface area (Å²) in [7, 11) is 1.79. The van der Waals surface area contributed by atoms with Crippen molar-refractivity contribution in [2.24, 2.45) is 4.99 Å². The summed E-state index contributed by atoms with van der Waals surface area (Å²) in [5, 5.41) is 12.5.